The number of nitrogens with one attached hydrogen (secondary N) is 1. The lowest BCUT2D eigenvalue weighted by atomic mass is 10.0. The normalized spacial score (nSPS) is 15.1. The summed E-state index contributed by atoms with van der Waals surface area (Å²) in [5.74, 6) is 0.482. The Labute approximate surface area is 216 Å². The van der Waals surface area contributed by atoms with E-state index in [0.29, 0.717) is 41.4 Å². The Bertz CT molecular complexity index is 1680. The molecule has 11 heteroatoms. The van der Waals surface area contributed by atoms with Crippen LogP contribution < -0.4 is 10.5 Å². The van der Waals surface area contributed by atoms with Gasteiger partial charge in [-0.15, -0.1) is 10.2 Å². The van der Waals surface area contributed by atoms with Gasteiger partial charge >= 0.3 is 0 Å². The number of anilines is 2. The Kier molecular flexibility index (Phi) is 6.71. The van der Waals surface area contributed by atoms with E-state index in [-0.39, 0.29) is 9.79 Å². The lowest BCUT2D eigenvalue weighted by Crippen LogP contribution is -2.35. The molecule has 1 aromatic heterocycles. The van der Waals surface area contributed by atoms with Crippen molar-refractivity contribution in [1.82, 2.24) is 14.5 Å². The lowest BCUT2D eigenvalue weighted by Gasteiger charge is -2.26. The van der Waals surface area contributed by atoms with Crippen molar-refractivity contribution in [3.63, 3.8) is 0 Å². The van der Waals surface area contributed by atoms with Crippen LogP contribution in [0.25, 0.3) is 22.0 Å². The van der Waals surface area contributed by atoms with Crippen LogP contribution in [0.15, 0.2) is 76.5 Å². The summed E-state index contributed by atoms with van der Waals surface area (Å²) < 4.78 is 51.5. The maximum Gasteiger partial charge on any atom is 0.243 e. The van der Waals surface area contributed by atoms with Crippen LogP contribution in [0.5, 0.6) is 0 Å². The van der Waals surface area contributed by atoms with Gasteiger partial charge in [0.2, 0.25) is 20.0 Å². The zero-order chi connectivity index (χ0) is 26.2. The highest BCUT2D eigenvalue weighted by atomic mass is 32.2. The van der Waals surface area contributed by atoms with E-state index in [1.165, 1.54) is 12.1 Å². The van der Waals surface area contributed by atoms with Gasteiger partial charge in [0.15, 0.2) is 5.82 Å². The van der Waals surface area contributed by atoms with Crippen molar-refractivity contribution in [2.24, 2.45) is 5.14 Å². The molecule has 2 heterocycles. The first kappa shape index (κ1) is 25.3. The average Bonchev–Trinajstić information content (AvgIpc) is 2.89. The summed E-state index contributed by atoms with van der Waals surface area (Å²) in [5, 5.41) is 18.8. The van der Waals surface area contributed by atoms with E-state index in [1.807, 2.05) is 36.4 Å². The second-order valence-electron chi connectivity index (χ2n) is 9.08. The molecule has 0 unspecified atom stereocenters. The fourth-order valence-corrected chi connectivity index (χ4v) is 6.83. The molecule has 1 fully saturated rings. The van der Waals surface area contributed by atoms with Crippen molar-refractivity contribution in [2.75, 3.05) is 18.4 Å². The minimum absolute atomic E-state index is 0.0130. The predicted molar refractivity (Wildman–Crippen MR) is 143 cm³/mol. The molecular weight excluding hydrogens is 510 g/mol. The number of hydrogen-bond donors (Lipinski definition) is 2. The SMILES string of the molecule is Cc1ccc(-c2nnc(Nc3ccc(S(N)(=O)=O)cc3)c3ccccc23)cc1S(=O)(=O)N1CCCCC1. The standard InChI is InChI=1S/C26H27N5O4S2/c1-18-9-10-19(17-24(18)37(34,35)31-15-5-2-6-16-31)25-22-7-3-4-8-23(22)26(30-29-25)28-20-11-13-21(14-12-20)36(27,32)33/h3-4,7-14,17H,2,5-6,15-16H2,1H3,(H,28,30)(H2,27,32,33). The third-order valence-corrected chi connectivity index (χ3v) is 9.50. The number of aromatic nitrogens is 2. The van der Waals surface area contributed by atoms with Gasteiger partial charge < -0.3 is 5.32 Å². The molecule has 1 aliphatic rings. The third kappa shape index (κ3) is 5.08. The predicted octanol–water partition coefficient (Wildman–Crippen LogP) is 4.17. The largest absolute Gasteiger partial charge is 0.338 e. The van der Waals surface area contributed by atoms with Crippen LogP contribution in [-0.4, -0.2) is 44.4 Å². The van der Waals surface area contributed by atoms with Gasteiger partial charge in [-0.25, -0.2) is 22.0 Å². The van der Waals surface area contributed by atoms with E-state index < -0.39 is 20.0 Å². The van der Waals surface area contributed by atoms with Crippen molar-refractivity contribution in [1.29, 1.82) is 0 Å². The molecule has 1 saturated heterocycles. The number of piperidine rings is 1. The number of aryl methyl sites for hydroxylation is 1. The minimum atomic E-state index is -3.79. The first-order chi connectivity index (χ1) is 17.6. The molecule has 0 bridgehead atoms. The maximum atomic E-state index is 13.4. The van der Waals surface area contributed by atoms with Crippen molar-refractivity contribution in [3.8, 4) is 11.3 Å². The summed E-state index contributed by atoms with van der Waals surface area (Å²) in [4.78, 5) is 0.300. The van der Waals surface area contributed by atoms with Crippen molar-refractivity contribution >= 4 is 42.3 Å². The van der Waals surface area contributed by atoms with E-state index in [4.69, 9.17) is 5.14 Å². The second kappa shape index (κ2) is 9.82. The van der Waals surface area contributed by atoms with Gasteiger partial charge in [-0.1, -0.05) is 42.8 Å². The number of nitrogens with two attached hydrogens (primary N) is 1. The zero-order valence-corrected chi connectivity index (χ0v) is 21.9. The number of primary sulfonamides is 1. The smallest absolute Gasteiger partial charge is 0.243 e. The van der Waals surface area contributed by atoms with Gasteiger partial charge in [0.25, 0.3) is 0 Å². The van der Waals surface area contributed by atoms with Crippen LogP contribution in [-0.2, 0) is 20.0 Å². The fourth-order valence-electron chi connectivity index (χ4n) is 4.54. The average molecular weight is 538 g/mol. The molecule has 0 radical (unpaired) electrons. The Morgan fingerprint density at radius 3 is 2.19 bits per heavy atom. The highest BCUT2D eigenvalue weighted by Gasteiger charge is 2.28. The molecule has 192 valence electrons. The zero-order valence-electron chi connectivity index (χ0n) is 20.3. The first-order valence-electron chi connectivity index (χ1n) is 11.9. The van der Waals surface area contributed by atoms with Gasteiger partial charge in [-0.3, -0.25) is 0 Å². The first-order valence-corrected chi connectivity index (χ1v) is 14.9. The number of nitrogens with zero attached hydrogens (tertiary/aromatic N) is 3. The van der Waals surface area contributed by atoms with Crippen molar-refractivity contribution in [3.05, 3.63) is 72.3 Å². The molecular formula is C26H27N5O4S2. The van der Waals surface area contributed by atoms with E-state index in [1.54, 1.807) is 29.4 Å². The number of sulfonamides is 2. The van der Waals surface area contributed by atoms with E-state index >= 15 is 0 Å². The molecule has 0 amide bonds. The number of hydrogen-bond acceptors (Lipinski definition) is 7. The van der Waals surface area contributed by atoms with E-state index in [9.17, 15) is 16.8 Å². The summed E-state index contributed by atoms with van der Waals surface area (Å²) in [6, 6.07) is 19.0. The summed E-state index contributed by atoms with van der Waals surface area (Å²) in [5.41, 5.74) is 2.53. The fraction of sp³-hybridized carbons (Fsp3) is 0.231. The van der Waals surface area contributed by atoms with E-state index in [2.05, 4.69) is 15.5 Å². The van der Waals surface area contributed by atoms with E-state index in [0.717, 1.165) is 30.0 Å². The molecule has 37 heavy (non-hydrogen) atoms. The summed E-state index contributed by atoms with van der Waals surface area (Å²) in [7, 11) is -7.41. The molecule has 0 saturated carbocycles. The van der Waals surface area contributed by atoms with Crippen LogP contribution in [0.2, 0.25) is 0 Å². The Morgan fingerprint density at radius 1 is 0.838 bits per heavy atom. The quantitative estimate of drug-likeness (QED) is 0.377. The second-order valence-corrected chi connectivity index (χ2v) is 12.5. The van der Waals surface area contributed by atoms with Crippen LogP contribution in [0.4, 0.5) is 11.5 Å². The third-order valence-electron chi connectivity index (χ3n) is 6.53. The Balaban J connectivity index is 1.54. The topological polar surface area (TPSA) is 135 Å². The number of benzene rings is 3. The molecule has 1 aliphatic heterocycles. The Morgan fingerprint density at radius 2 is 1.51 bits per heavy atom. The van der Waals surface area contributed by atoms with Crippen molar-refractivity contribution < 1.29 is 16.8 Å². The molecule has 4 aromatic rings. The summed E-state index contributed by atoms with van der Waals surface area (Å²) in [6.07, 6.45) is 2.78. The molecule has 5 rings (SSSR count). The summed E-state index contributed by atoms with van der Waals surface area (Å²) >= 11 is 0. The monoisotopic (exact) mass is 537 g/mol. The van der Waals surface area contributed by atoms with Crippen LogP contribution >= 0.6 is 0 Å². The molecule has 0 spiro atoms. The highest BCUT2D eigenvalue weighted by Crippen LogP contribution is 2.34. The summed E-state index contributed by atoms with van der Waals surface area (Å²) in [6.45, 7) is 2.87. The highest BCUT2D eigenvalue weighted by molar-refractivity contribution is 7.89. The lowest BCUT2D eigenvalue weighted by molar-refractivity contribution is 0.346. The van der Waals surface area contributed by atoms with Crippen LogP contribution in [0, 0.1) is 6.92 Å². The van der Waals surface area contributed by atoms with Crippen LogP contribution in [0.3, 0.4) is 0 Å². The van der Waals surface area contributed by atoms with Gasteiger partial charge in [-0.2, -0.15) is 4.31 Å². The minimum Gasteiger partial charge on any atom is -0.338 e. The van der Waals surface area contributed by atoms with Crippen LogP contribution in [0.1, 0.15) is 24.8 Å². The van der Waals surface area contributed by atoms with Crippen molar-refractivity contribution in [2.45, 2.75) is 36.0 Å². The van der Waals surface area contributed by atoms with Gasteiger partial charge in [0.1, 0.15) is 5.69 Å². The Hall–Kier alpha value is -3.38. The molecule has 0 aliphatic carbocycles. The number of rotatable bonds is 6. The molecule has 9 nitrogen and oxygen atoms in total. The molecule has 0 atom stereocenters. The van der Waals surface area contributed by atoms with Gasteiger partial charge in [0, 0.05) is 35.1 Å². The molecule has 3 N–H and O–H groups in total. The molecule has 3 aromatic carbocycles. The maximum absolute atomic E-state index is 13.4. The number of fused-ring (bicyclic) bond motifs is 1. The van der Waals surface area contributed by atoms with Gasteiger partial charge in [-0.05, 0) is 55.7 Å². The van der Waals surface area contributed by atoms with Gasteiger partial charge in [0.05, 0.1) is 9.79 Å².